The Balaban J connectivity index is 3.54. The van der Waals surface area contributed by atoms with Gasteiger partial charge in [-0.25, -0.2) is 0 Å². The van der Waals surface area contributed by atoms with Gasteiger partial charge in [-0.2, -0.15) is 0 Å². The van der Waals surface area contributed by atoms with Crippen LogP contribution in [0.15, 0.2) is 12.2 Å². The molecule has 3 nitrogen and oxygen atoms in total. The number of rotatable bonds is 11. The molecule has 0 fully saturated rings. The molecule has 98 valence electrons. The van der Waals surface area contributed by atoms with E-state index < -0.39 is 0 Å². The molecule has 2 N–H and O–H groups in total. The number of Topliss-reactive ketones (excluding diaryl/α,β-unsaturated/α-hetero) is 1. The molecule has 0 aromatic rings. The Morgan fingerprint density at radius 1 is 0.941 bits per heavy atom. The Kier molecular flexibility index (Phi) is 9.40. The van der Waals surface area contributed by atoms with Crippen LogP contribution < -0.4 is 5.73 Å². The number of carbonyl (C=O) groups is 2. The average molecular weight is 239 g/mol. The third kappa shape index (κ3) is 9.79. The molecule has 0 aliphatic rings. The summed E-state index contributed by atoms with van der Waals surface area (Å²) >= 11 is 0. The molecule has 0 heterocycles. The van der Waals surface area contributed by atoms with Crippen molar-refractivity contribution in [2.24, 2.45) is 5.73 Å². The van der Waals surface area contributed by atoms with E-state index in [1.165, 1.54) is 19.3 Å². The van der Waals surface area contributed by atoms with E-state index >= 15 is 0 Å². The Labute approximate surface area is 104 Å². The highest BCUT2D eigenvalue weighted by atomic mass is 16.1. The first-order chi connectivity index (χ1) is 8.07. The highest BCUT2D eigenvalue weighted by Crippen LogP contribution is 2.12. The number of amides is 1. The first kappa shape index (κ1) is 15.9. The maximum Gasteiger partial charge on any atom is 0.217 e. The number of hydrogen-bond donors (Lipinski definition) is 1. The lowest BCUT2D eigenvalue weighted by molar-refractivity contribution is -0.119. The van der Waals surface area contributed by atoms with E-state index in [9.17, 15) is 9.59 Å². The van der Waals surface area contributed by atoms with Crippen LogP contribution in [0.2, 0.25) is 0 Å². The van der Waals surface area contributed by atoms with Crippen LogP contribution in [0.1, 0.15) is 64.7 Å². The molecule has 0 aromatic heterocycles. The van der Waals surface area contributed by atoms with Crippen molar-refractivity contribution in [2.45, 2.75) is 64.7 Å². The van der Waals surface area contributed by atoms with Crippen molar-refractivity contribution in [1.82, 2.24) is 0 Å². The number of carbonyl (C=O) groups excluding carboxylic acids is 2. The van der Waals surface area contributed by atoms with Crippen LogP contribution in [0.4, 0.5) is 0 Å². The summed E-state index contributed by atoms with van der Waals surface area (Å²) in [5.41, 5.74) is 5.76. The van der Waals surface area contributed by atoms with Gasteiger partial charge in [-0.1, -0.05) is 32.8 Å². The van der Waals surface area contributed by atoms with Crippen molar-refractivity contribution in [3.8, 4) is 0 Å². The zero-order valence-corrected chi connectivity index (χ0v) is 11.0. The van der Waals surface area contributed by atoms with Gasteiger partial charge in [0.15, 0.2) is 5.78 Å². The van der Waals surface area contributed by atoms with Gasteiger partial charge in [-0.15, -0.1) is 0 Å². The highest BCUT2D eigenvalue weighted by molar-refractivity contribution is 5.94. The molecule has 0 bridgehead atoms. The van der Waals surface area contributed by atoms with Gasteiger partial charge in [-0.3, -0.25) is 9.59 Å². The summed E-state index contributed by atoms with van der Waals surface area (Å²) in [5.74, 6) is -0.151. The van der Waals surface area contributed by atoms with Crippen molar-refractivity contribution in [2.75, 3.05) is 0 Å². The molecule has 0 aromatic carbocycles. The second-order valence-corrected chi connectivity index (χ2v) is 4.51. The topological polar surface area (TPSA) is 60.2 Å². The number of unbranched alkanes of at least 4 members (excludes halogenated alkanes) is 4. The van der Waals surface area contributed by atoms with Crippen LogP contribution in [-0.2, 0) is 9.59 Å². The second-order valence-electron chi connectivity index (χ2n) is 4.51. The third-order valence-electron chi connectivity index (χ3n) is 2.80. The molecule has 0 saturated carbocycles. The number of hydrogen-bond acceptors (Lipinski definition) is 2. The quantitative estimate of drug-likeness (QED) is 0.445. The zero-order valence-electron chi connectivity index (χ0n) is 11.0. The second kappa shape index (κ2) is 10.1. The summed E-state index contributed by atoms with van der Waals surface area (Å²) in [6, 6.07) is 0. The summed E-state index contributed by atoms with van der Waals surface area (Å²) in [5, 5.41) is 0. The minimum Gasteiger partial charge on any atom is -0.370 e. The third-order valence-corrected chi connectivity index (χ3v) is 2.80. The lowest BCUT2D eigenvalue weighted by atomic mass is 10.0. The van der Waals surface area contributed by atoms with E-state index in [1.807, 2.05) is 0 Å². The smallest absolute Gasteiger partial charge is 0.217 e. The van der Waals surface area contributed by atoms with Crippen LogP contribution in [0.3, 0.4) is 0 Å². The van der Waals surface area contributed by atoms with Crippen LogP contribution >= 0.6 is 0 Å². The van der Waals surface area contributed by atoms with E-state index in [1.54, 1.807) is 0 Å². The minimum atomic E-state index is -0.296. The van der Waals surface area contributed by atoms with Crippen molar-refractivity contribution >= 4 is 11.7 Å². The van der Waals surface area contributed by atoms with E-state index in [2.05, 4.69) is 13.5 Å². The Morgan fingerprint density at radius 3 is 2.12 bits per heavy atom. The van der Waals surface area contributed by atoms with Crippen LogP contribution in [0.25, 0.3) is 0 Å². The molecule has 0 aliphatic heterocycles. The molecule has 0 atom stereocenters. The summed E-state index contributed by atoms with van der Waals surface area (Å²) in [4.78, 5) is 22.1. The summed E-state index contributed by atoms with van der Waals surface area (Å²) < 4.78 is 0. The molecule has 0 spiro atoms. The van der Waals surface area contributed by atoms with Crippen molar-refractivity contribution < 1.29 is 9.59 Å². The molecule has 1 amide bonds. The molecule has 0 saturated heterocycles. The maximum atomic E-state index is 11.6. The van der Waals surface area contributed by atoms with Gasteiger partial charge in [0.05, 0.1) is 0 Å². The standard InChI is InChI=1S/C14H25NO2/c1-3-4-5-6-9-12(2)13(16)10-7-8-11-14(15)17/h2-11H2,1H3,(H2,15,17). The molecular formula is C14H25NO2. The van der Waals surface area contributed by atoms with Crippen molar-refractivity contribution in [3.05, 3.63) is 12.2 Å². The van der Waals surface area contributed by atoms with Gasteiger partial charge in [0.1, 0.15) is 0 Å². The molecule has 0 rings (SSSR count). The number of primary amides is 1. The molecule has 3 heteroatoms. The zero-order chi connectivity index (χ0) is 13.1. The Morgan fingerprint density at radius 2 is 1.53 bits per heavy atom. The van der Waals surface area contributed by atoms with E-state index in [0.29, 0.717) is 19.3 Å². The molecule has 0 radical (unpaired) electrons. The van der Waals surface area contributed by atoms with Gasteiger partial charge in [0, 0.05) is 12.8 Å². The highest BCUT2D eigenvalue weighted by Gasteiger charge is 2.06. The fourth-order valence-corrected chi connectivity index (χ4v) is 1.67. The fraction of sp³-hybridized carbons (Fsp3) is 0.714. The number of allylic oxidation sites excluding steroid dienone is 1. The van der Waals surface area contributed by atoms with E-state index in [0.717, 1.165) is 24.8 Å². The summed E-state index contributed by atoms with van der Waals surface area (Å²) in [6.45, 7) is 5.99. The fourth-order valence-electron chi connectivity index (χ4n) is 1.67. The largest absolute Gasteiger partial charge is 0.370 e. The van der Waals surface area contributed by atoms with Crippen LogP contribution in [-0.4, -0.2) is 11.7 Å². The number of ketones is 1. The lowest BCUT2D eigenvalue weighted by Gasteiger charge is -2.04. The van der Waals surface area contributed by atoms with E-state index in [-0.39, 0.29) is 11.7 Å². The van der Waals surface area contributed by atoms with Gasteiger partial charge in [0.2, 0.25) is 5.91 Å². The van der Waals surface area contributed by atoms with Gasteiger partial charge in [0.25, 0.3) is 0 Å². The Bertz CT molecular complexity index is 259. The first-order valence-electron chi connectivity index (χ1n) is 6.57. The van der Waals surface area contributed by atoms with Gasteiger partial charge < -0.3 is 5.73 Å². The SMILES string of the molecule is C=C(CCCCCC)C(=O)CCCCC(N)=O. The van der Waals surface area contributed by atoms with Crippen molar-refractivity contribution in [1.29, 1.82) is 0 Å². The molecule has 0 unspecified atom stereocenters. The average Bonchev–Trinajstić information content (AvgIpc) is 2.29. The van der Waals surface area contributed by atoms with E-state index in [4.69, 9.17) is 5.73 Å². The predicted octanol–water partition coefficient (Wildman–Crippen LogP) is 3.13. The molecular weight excluding hydrogens is 214 g/mol. The van der Waals surface area contributed by atoms with Gasteiger partial charge >= 0.3 is 0 Å². The summed E-state index contributed by atoms with van der Waals surface area (Å²) in [6.07, 6.45) is 7.77. The first-order valence-corrected chi connectivity index (χ1v) is 6.57. The normalized spacial score (nSPS) is 10.2. The lowest BCUT2D eigenvalue weighted by Crippen LogP contribution is -2.10. The summed E-state index contributed by atoms with van der Waals surface area (Å²) in [7, 11) is 0. The number of nitrogens with two attached hydrogens (primary N) is 1. The van der Waals surface area contributed by atoms with Gasteiger partial charge in [-0.05, 0) is 31.3 Å². The monoisotopic (exact) mass is 239 g/mol. The molecule has 0 aliphatic carbocycles. The van der Waals surface area contributed by atoms with Crippen LogP contribution in [0, 0.1) is 0 Å². The van der Waals surface area contributed by atoms with Crippen molar-refractivity contribution in [3.63, 3.8) is 0 Å². The van der Waals surface area contributed by atoms with Crippen LogP contribution in [0.5, 0.6) is 0 Å². The predicted molar refractivity (Wildman–Crippen MR) is 70.6 cm³/mol. The molecule has 17 heavy (non-hydrogen) atoms. The Hall–Kier alpha value is -1.12. The maximum absolute atomic E-state index is 11.6. The minimum absolute atomic E-state index is 0.144.